The largest absolute Gasteiger partial charge is 0.379 e. The maximum Gasteiger partial charge on any atom is 0.312 e. The van der Waals surface area contributed by atoms with E-state index in [9.17, 15) is 38.4 Å². The molecule has 10 N–H and O–H groups in total. The summed E-state index contributed by atoms with van der Waals surface area (Å²) in [7, 11) is 3.65. The molecule has 65 heavy (non-hydrogen) atoms. The number of benzene rings is 2. The molecule has 0 aliphatic carbocycles. The van der Waals surface area contributed by atoms with Crippen molar-refractivity contribution in [3.63, 3.8) is 0 Å². The Hall–Kier alpha value is -6.08. The van der Waals surface area contributed by atoms with E-state index >= 15 is 0 Å². The van der Waals surface area contributed by atoms with Crippen LogP contribution < -0.4 is 43.4 Å². The topological polar surface area (TPSA) is 276 Å². The van der Waals surface area contributed by atoms with Crippen LogP contribution in [0.1, 0.15) is 76.3 Å². The Balaban J connectivity index is 1.27. The molecular weight excluding hydrogens is 837 g/mol. The van der Waals surface area contributed by atoms with E-state index in [0.717, 1.165) is 30.5 Å². The molecule has 356 valence electrons. The number of carbonyl (C=O) groups excluding carboxylic acids is 8. The molecule has 2 aromatic rings. The van der Waals surface area contributed by atoms with Gasteiger partial charge in [0.2, 0.25) is 41.4 Å². The molecule has 2 aliphatic heterocycles. The van der Waals surface area contributed by atoms with E-state index in [0.29, 0.717) is 44.3 Å². The zero-order valence-electron chi connectivity index (χ0n) is 38.1. The molecule has 7 atom stereocenters. The molecule has 7 unspecified atom stereocenters. The van der Waals surface area contributed by atoms with Crippen LogP contribution in [0.15, 0.2) is 54.6 Å². The normalized spacial score (nSPS) is 19.1. The fraction of sp³-hybridized carbons (Fsp3) is 0.565. The fourth-order valence-electron chi connectivity index (χ4n) is 8.46. The second-order valence-corrected chi connectivity index (χ2v) is 17.0. The summed E-state index contributed by atoms with van der Waals surface area (Å²) in [6, 6.07) is 13.8. The predicted octanol–water partition coefficient (Wildman–Crippen LogP) is 0.699. The van der Waals surface area contributed by atoms with Gasteiger partial charge in [-0.15, -0.1) is 0 Å². The number of ether oxygens (including phenoxy) is 1. The smallest absolute Gasteiger partial charge is 0.312 e. The number of amides is 9. The first kappa shape index (κ1) is 51.6. The number of likely N-dealkylation sites (tertiary alicyclic amines) is 2. The van der Waals surface area contributed by atoms with Crippen molar-refractivity contribution in [2.45, 2.75) is 108 Å². The van der Waals surface area contributed by atoms with Crippen LogP contribution in [-0.2, 0) is 51.1 Å². The lowest BCUT2D eigenvalue weighted by atomic mass is 9.91. The number of anilines is 1. The van der Waals surface area contributed by atoms with Gasteiger partial charge >= 0.3 is 6.03 Å². The molecule has 4 rings (SSSR count). The van der Waals surface area contributed by atoms with E-state index in [1.807, 2.05) is 51.2 Å². The molecule has 2 fully saturated rings. The van der Waals surface area contributed by atoms with Crippen molar-refractivity contribution in [3.8, 4) is 0 Å². The molecule has 2 aromatic carbocycles. The molecule has 0 spiro atoms. The molecular formula is C46H68N10O9. The SMILES string of the molecule is COC(C(C)C(=O)NC(Cc1ccccc1)C(=O)NCCc1ccc(NC(=O)C(CCCNC(N)=O)NC(=O)CNC(=O)CCC(=O)N2CCC(C(N)=O)CC2C)cc1)C1CCCN1C. The average molecular weight is 905 g/mol. The summed E-state index contributed by atoms with van der Waals surface area (Å²) >= 11 is 0. The molecule has 0 radical (unpaired) electrons. The van der Waals surface area contributed by atoms with Crippen molar-refractivity contribution >= 4 is 53.1 Å². The number of carbonyl (C=O) groups is 8. The minimum Gasteiger partial charge on any atom is -0.379 e. The first-order valence-electron chi connectivity index (χ1n) is 22.5. The van der Waals surface area contributed by atoms with Crippen LogP contribution >= 0.6 is 0 Å². The quantitative estimate of drug-likeness (QED) is 0.0683. The molecule has 2 aliphatic rings. The van der Waals surface area contributed by atoms with Crippen LogP contribution in [0.2, 0.25) is 0 Å². The maximum atomic E-state index is 13.6. The molecule has 2 heterocycles. The van der Waals surface area contributed by atoms with Crippen LogP contribution in [0.4, 0.5) is 10.5 Å². The molecule has 0 aromatic heterocycles. The Bertz CT molecular complexity index is 1940. The molecule has 0 bridgehead atoms. The summed E-state index contributed by atoms with van der Waals surface area (Å²) in [5.74, 6) is -3.66. The van der Waals surface area contributed by atoms with Gasteiger partial charge in [-0.3, -0.25) is 33.6 Å². The molecule has 2 saturated heterocycles. The third-order valence-electron chi connectivity index (χ3n) is 12.2. The van der Waals surface area contributed by atoms with Crippen LogP contribution in [0.3, 0.4) is 0 Å². The number of nitrogens with zero attached hydrogens (tertiary/aromatic N) is 2. The lowest BCUT2D eigenvalue weighted by molar-refractivity contribution is -0.139. The van der Waals surface area contributed by atoms with Crippen molar-refractivity contribution in [1.82, 2.24) is 36.4 Å². The second-order valence-electron chi connectivity index (χ2n) is 17.0. The number of likely N-dealkylation sites (N-methyl/N-ethyl adjacent to an activating group) is 1. The zero-order valence-corrected chi connectivity index (χ0v) is 38.1. The highest BCUT2D eigenvalue weighted by Crippen LogP contribution is 2.26. The number of primary amides is 2. The summed E-state index contributed by atoms with van der Waals surface area (Å²) in [5, 5.41) is 16.3. The average Bonchev–Trinajstić information content (AvgIpc) is 3.71. The first-order chi connectivity index (χ1) is 31.1. The number of hydrogen-bond acceptors (Lipinski definition) is 10. The van der Waals surface area contributed by atoms with E-state index in [2.05, 4.69) is 36.8 Å². The summed E-state index contributed by atoms with van der Waals surface area (Å²) in [6.45, 7) is 4.98. The van der Waals surface area contributed by atoms with Crippen molar-refractivity contribution in [3.05, 3.63) is 65.7 Å². The third-order valence-corrected chi connectivity index (χ3v) is 12.2. The van der Waals surface area contributed by atoms with E-state index < -0.39 is 54.2 Å². The van der Waals surface area contributed by atoms with Crippen LogP contribution in [0.25, 0.3) is 0 Å². The Morgan fingerprint density at radius 1 is 0.785 bits per heavy atom. The van der Waals surface area contributed by atoms with Gasteiger partial charge in [0.25, 0.3) is 0 Å². The molecule has 0 saturated carbocycles. The van der Waals surface area contributed by atoms with E-state index in [1.54, 1.807) is 36.3 Å². The van der Waals surface area contributed by atoms with Crippen molar-refractivity contribution in [2.24, 2.45) is 23.3 Å². The van der Waals surface area contributed by atoms with Crippen molar-refractivity contribution in [1.29, 1.82) is 0 Å². The number of nitrogens with two attached hydrogens (primary N) is 2. The van der Waals surface area contributed by atoms with Gasteiger partial charge in [0, 0.05) is 69.7 Å². The Labute approximate surface area is 381 Å². The summed E-state index contributed by atoms with van der Waals surface area (Å²) in [5.41, 5.74) is 12.8. The summed E-state index contributed by atoms with van der Waals surface area (Å²) in [4.78, 5) is 105. The fourth-order valence-corrected chi connectivity index (χ4v) is 8.46. The Morgan fingerprint density at radius 3 is 2.14 bits per heavy atom. The molecule has 19 heteroatoms. The highest BCUT2D eigenvalue weighted by atomic mass is 16.5. The lowest BCUT2D eigenvalue weighted by Gasteiger charge is -2.36. The van der Waals surface area contributed by atoms with Crippen LogP contribution in [0.5, 0.6) is 0 Å². The van der Waals surface area contributed by atoms with Crippen LogP contribution in [0, 0.1) is 11.8 Å². The van der Waals surface area contributed by atoms with Gasteiger partial charge in [0.05, 0.1) is 18.6 Å². The third kappa shape index (κ3) is 16.8. The second kappa shape index (κ2) is 26.0. The minimum absolute atomic E-state index is 0.0760. The monoisotopic (exact) mass is 905 g/mol. The zero-order chi connectivity index (χ0) is 47.5. The molecule has 9 amide bonds. The van der Waals surface area contributed by atoms with Gasteiger partial charge in [-0.05, 0) is 88.7 Å². The van der Waals surface area contributed by atoms with Crippen LogP contribution in [-0.4, -0.2) is 134 Å². The molecule has 19 nitrogen and oxygen atoms in total. The number of rotatable bonds is 24. The lowest BCUT2D eigenvalue weighted by Crippen LogP contribution is -2.53. The van der Waals surface area contributed by atoms with E-state index in [4.69, 9.17) is 16.2 Å². The van der Waals surface area contributed by atoms with Gasteiger partial charge < -0.3 is 57.9 Å². The van der Waals surface area contributed by atoms with Crippen molar-refractivity contribution in [2.75, 3.05) is 52.2 Å². The Morgan fingerprint density at radius 2 is 1.51 bits per heavy atom. The predicted molar refractivity (Wildman–Crippen MR) is 244 cm³/mol. The van der Waals surface area contributed by atoms with E-state index in [1.165, 1.54) is 0 Å². The van der Waals surface area contributed by atoms with Crippen molar-refractivity contribution < 1.29 is 43.1 Å². The summed E-state index contributed by atoms with van der Waals surface area (Å²) in [6.07, 6.45) is 3.55. The van der Waals surface area contributed by atoms with E-state index in [-0.39, 0.29) is 74.2 Å². The van der Waals surface area contributed by atoms with Gasteiger partial charge in [-0.1, -0.05) is 49.4 Å². The standard InChI is InChI=1S/C46H68N10O9/c1-29-26-33(42(47)60)21-25-56(29)40(59)19-18-38(57)51-28-39(58)53-35(12-8-22-50-46(48)64)45(63)52-34-16-14-31(15-17-34)20-23-49-44(62)36(27-32-10-6-5-7-11-32)54-43(61)30(2)41(65-4)37-13-9-24-55(37)3/h5-7,10-11,14-17,29-30,33,35-37,41H,8-9,12-13,18-28H2,1-4H3,(H2,47,60)(H,49,62)(H,51,57)(H,52,63)(H,53,58)(H,54,61)(H3,48,50,64). The first-order valence-corrected chi connectivity index (χ1v) is 22.5. The number of hydrogen-bond donors (Lipinski definition) is 8. The summed E-state index contributed by atoms with van der Waals surface area (Å²) < 4.78 is 5.81. The maximum absolute atomic E-state index is 13.6. The number of nitrogens with one attached hydrogen (secondary N) is 6. The highest BCUT2D eigenvalue weighted by molar-refractivity contribution is 5.98. The van der Waals surface area contributed by atoms with Gasteiger partial charge in [-0.2, -0.15) is 0 Å². The number of methoxy groups -OCH3 is 1. The highest BCUT2D eigenvalue weighted by Gasteiger charge is 2.37. The van der Waals surface area contributed by atoms with Gasteiger partial charge in [0.15, 0.2) is 0 Å². The van der Waals surface area contributed by atoms with Gasteiger partial charge in [0.1, 0.15) is 12.1 Å². The Kier molecular flexibility index (Phi) is 20.6. The number of urea groups is 1. The van der Waals surface area contributed by atoms with Gasteiger partial charge in [-0.25, -0.2) is 4.79 Å². The number of piperidine rings is 1. The minimum atomic E-state index is -1.04.